The first-order valence-electron chi connectivity index (χ1n) is 6.92. The van der Waals surface area contributed by atoms with Gasteiger partial charge in [0.05, 0.1) is 6.26 Å². The second-order valence-electron chi connectivity index (χ2n) is 4.70. The van der Waals surface area contributed by atoms with Gasteiger partial charge in [-0.05, 0) is 49.4 Å². The maximum absolute atomic E-state index is 5.46. The molecule has 1 heterocycles. The minimum Gasteiger partial charge on any atom is -0.469 e. The molecule has 2 nitrogen and oxygen atoms in total. The van der Waals surface area contributed by atoms with Gasteiger partial charge in [0.2, 0.25) is 0 Å². The van der Waals surface area contributed by atoms with E-state index < -0.39 is 0 Å². The fourth-order valence-electron chi connectivity index (χ4n) is 1.94. The van der Waals surface area contributed by atoms with Crippen LogP contribution in [0.3, 0.4) is 0 Å². The van der Waals surface area contributed by atoms with Crippen molar-refractivity contribution >= 4 is 27.7 Å². The van der Waals surface area contributed by atoms with Crippen LogP contribution in [0, 0.1) is 0 Å². The van der Waals surface area contributed by atoms with Crippen LogP contribution in [0.1, 0.15) is 19.1 Å². The number of thioether (sulfide) groups is 1. The highest BCUT2D eigenvalue weighted by molar-refractivity contribution is 9.10. The molecule has 0 aliphatic heterocycles. The fourth-order valence-corrected chi connectivity index (χ4v) is 3.16. The van der Waals surface area contributed by atoms with Crippen LogP contribution < -0.4 is 5.32 Å². The SMILES string of the molecule is CCCNC(CSc1ccc(Br)cc1)Cc1ccco1. The van der Waals surface area contributed by atoms with E-state index in [0.717, 1.165) is 35.4 Å². The minimum absolute atomic E-state index is 0.440. The summed E-state index contributed by atoms with van der Waals surface area (Å²) in [5.41, 5.74) is 0. The van der Waals surface area contributed by atoms with Crippen molar-refractivity contribution in [1.82, 2.24) is 5.32 Å². The Balaban J connectivity index is 1.87. The van der Waals surface area contributed by atoms with E-state index in [0.29, 0.717) is 6.04 Å². The number of halogens is 1. The lowest BCUT2D eigenvalue weighted by molar-refractivity contribution is 0.460. The van der Waals surface area contributed by atoms with Crippen LogP contribution in [0.15, 0.2) is 56.4 Å². The average Bonchev–Trinajstić information content (AvgIpc) is 2.96. The zero-order chi connectivity index (χ0) is 14.2. The predicted octanol–water partition coefficient (Wildman–Crippen LogP) is 4.75. The first-order valence-corrected chi connectivity index (χ1v) is 8.70. The maximum Gasteiger partial charge on any atom is 0.105 e. The van der Waals surface area contributed by atoms with Crippen LogP contribution >= 0.6 is 27.7 Å². The number of nitrogens with one attached hydrogen (secondary N) is 1. The van der Waals surface area contributed by atoms with Crippen LogP contribution in [0.25, 0.3) is 0 Å². The van der Waals surface area contributed by atoms with E-state index in [-0.39, 0.29) is 0 Å². The van der Waals surface area contributed by atoms with Gasteiger partial charge in [0.1, 0.15) is 5.76 Å². The number of hydrogen-bond donors (Lipinski definition) is 1. The smallest absolute Gasteiger partial charge is 0.105 e. The first kappa shape index (κ1) is 15.7. The summed E-state index contributed by atoms with van der Waals surface area (Å²) in [4.78, 5) is 1.30. The zero-order valence-corrected chi connectivity index (χ0v) is 14.0. The van der Waals surface area contributed by atoms with Gasteiger partial charge in [-0.1, -0.05) is 22.9 Å². The van der Waals surface area contributed by atoms with E-state index in [1.807, 2.05) is 23.9 Å². The molecular formula is C16H20BrNOS. The summed E-state index contributed by atoms with van der Waals surface area (Å²) in [6.07, 6.45) is 3.84. The standard InChI is InChI=1S/C16H20BrNOS/c1-2-9-18-14(11-15-4-3-10-19-15)12-20-16-7-5-13(17)6-8-16/h3-8,10,14,18H,2,9,11-12H2,1H3. The minimum atomic E-state index is 0.440. The Kier molecular flexibility index (Phi) is 6.70. The van der Waals surface area contributed by atoms with Gasteiger partial charge in [-0.2, -0.15) is 0 Å². The molecule has 108 valence electrons. The van der Waals surface area contributed by atoms with Gasteiger partial charge in [0, 0.05) is 27.6 Å². The van der Waals surface area contributed by atoms with Crippen molar-refractivity contribution in [2.24, 2.45) is 0 Å². The molecule has 1 aromatic heterocycles. The highest BCUT2D eigenvalue weighted by Crippen LogP contribution is 2.22. The van der Waals surface area contributed by atoms with Crippen molar-refractivity contribution in [1.29, 1.82) is 0 Å². The molecule has 0 saturated carbocycles. The molecule has 1 aromatic carbocycles. The zero-order valence-electron chi connectivity index (χ0n) is 11.6. The molecule has 0 bridgehead atoms. The van der Waals surface area contributed by atoms with Crippen molar-refractivity contribution < 1.29 is 4.42 Å². The molecule has 0 aliphatic rings. The summed E-state index contributed by atoms with van der Waals surface area (Å²) in [5, 5.41) is 3.60. The molecule has 1 atom stereocenters. The lowest BCUT2D eigenvalue weighted by Gasteiger charge is -2.17. The molecule has 1 N–H and O–H groups in total. The molecule has 2 aromatic rings. The summed E-state index contributed by atoms with van der Waals surface area (Å²) in [7, 11) is 0. The summed E-state index contributed by atoms with van der Waals surface area (Å²) < 4.78 is 6.58. The normalized spacial score (nSPS) is 12.5. The van der Waals surface area contributed by atoms with Crippen LogP contribution in [-0.4, -0.2) is 18.3 Å². The summed E-state index contributed by atoms with van der Waals surface area (Å²) in [6, 6.07) is 12.9. The second kappa shape index (κ2) is 8.55. The summed E-state index contributed by atoms with van der Waals surface area (Å²) in [5.74, 6) is 2.09. The summed E-state index contributed by atoms with van der Waals surface area (Å²) in [6.45, 7) is 3.24. The number of benzene rings is 1. The Labute approximate surface area is 133 Å². The molecular weight excluding hydrogens is 334 g/mol. The molecule has 20 heavy (non-hydrogen) atoms. The van der Waals surface area contributed by atoms with Gasteiger partial charge in [0.25, 0.3) is 0 Å². The predicted molar refractivity (Wildman–Crippen MR) is 89.4 cm³/mol. The lowest BCUT2D eigenvalue weighted by atomic mass is 10.2. The molecule has 1 unspecified atom stereocenters. The molecule has 4 heteroatoms. The average molecular weight is 354 g/mol. The second-order valence-corrected chi connectivity index (χ2v) is 6.71. The van der Waals surface area contributed by atoms with E-state index in [4.69, 9.17) is 4.42 Å². The third-order valence-corrected chi connectivity index (χ3v) is 4.68. The van der Waals surface area contributed by atoms with Crippen molar-refractivity contribution in [3.05, 3.63) is 52.9 Å². The van der Waals surface area contributed by atoms with Crippen LogP contribution in [0.4, 0.5) is 0 Å². The Hall–Kier alpha value is -0.710. The maximum atomic E-state index is 5.46. The molecule has 0 spiro atoms. The molecule has 0 aliphatic carbocycles. The largest absolute Gasteiger partial charge is 0.469 e. The number of furan rings is 1. The molecule has 0 radical (unpaired) electrons. The Bertz CT molecular complexity index is 484. The number of rotatable bonds is 8. The van der Waals surface area contributed by atoms with Gasteiger partial charge in [0.15, 0.2) is 0 Å². The third kappa shape index (κ3) is 5.35. The van der Waals surface area contributed by atoms with Crippen molar-refractivity contribution in [3.63, 3.8) is 0 Å². The molecule has 0 fully saturated rings. The van der Waals surface area contributed by atoms with E-state index >= 15 is 0 Å². The quantitative estimate of drug-likeness (QED) is 0.693. The van der Waals surface area contributed by atoms with Crippen LogP contribution in [-0.2, 0) is 6.42 Å². The van der Waals surface area contributed by atoms with E-state index in [1.54, 1.807) is 6.26 Å². The van der Waals surface area contributed by atoms with Crippen molar-refractivity contribution in [2.75, 3.05) is 12.3 Å². The topological polar surface area (TPSA) is 25.2 Å². The highest BCUT2D eigenvalue weighted by atomic mass is 79.9. The van der Waals surface area contributed by atoms with Crippen LogP contribution in [0.2, 0.25) is 0 Å². The molecule has 2 rings (SSSR count). The summed E-state index contributed by atoms with van der Waals surface area (Å²) >= 11 is 5.35. The van der Waals surface area contributed by atoms with Gasteiger partial charge in [-0.25, -0.2) is 0 Å². The molecule has 0 amide bonds. The van der Waals surface area contributed by atoms with Gasteiger partial charge >= 0.3 is 0 Å². The number of hydrogen-bond acceptors (Lipinski definition) is 3. The van der Waals surface area contributed by atoms with Gasteiger partial charge in [-0.3, -0.25) is 0 Å². The van der Waals surface area contributed by atoms with Crippen LogP contribution in [0.5, 0.6) is 0 Å². The Morgan fingerprint density at radius 3 is 2.70 bits per heavy atom. The lowest BCUT2D eigenvalue weighted by Crippen LogP contribution is -2.33. The Morgan fingerprint density at radius 2 is 2.05 bits per heavy atom. The van der Waals surface area contributed by atoms with Crippen molar-refractivity contribution in [2.45, 2.75) is 30.7 Å². The highest BCUT2D eigenvalue weighted by Gasteiger charge is 2.11. The fraction of sp³-hybridized carbons (Fsp3) is 0.375. The Morgan fingerprint density at radius 1 is 1.25 bits per heavy atom. The first-order chi connectivity index (χ1) is 9.78. The van der Waals surface area contributed by atoms with Gasteiger partial charge < -0.3 is 9.73 Å². The van der Waals surface area contributed by atoms with E-state index in [2.05, 4.69) is 52.4 Å². The van der Waals surface area contributed by atoms with Crippen molar-refractivity contribution in [3.8, 4) is 0 Å². The monoisotopic (exact) mass is 353 g/mol. The third-order valence-electron chi connectivity index (χ3n) is 2.98. The molecule has 0 saturated heterocycles. The van der Waals surface area contributed by atoms with E-state index in [1.165, 1.54) is 4.90 Å². The van der Waals surface area contributed by atoms with Gasteiger partial charge in [-0.15, -0.1) is 11.8 Å². The van der Waals surface area contributed by atoms with E-state index in [9.17, 15) is 0 Å².